The lowest BCUT2D eigenvalue weighted by Gasteiger charge is -2.33. The molecule has 1 amide bonds. The van der Waals surface area contributed by atoms with Gasteiger partial charge in [0.2, 0.25) is 5.91 Å². The minimum Gasteiger partial charge on any atom is -0.371 e. The number of primary amides is 1. The van der Waals surface area contributed by atoms with E-state index in [9.17, 15) is 14.9 Å². The van der Waals surface area contributed by atoms with Crippen LogP contribution in [0.15, 0.2) is 48.7 Å². The molecular formula is C20H20N4O2. The molecule has 1 fully saturated rings. The number of aromatic nitrogens is 1. The smallest absolute Gasteiger partial charge is 0.222 e. The Kier molecular flexibility index (Phi) is 5.28. The zero-order chi connectivity index (χ0) is 18.5. The summed E-state index contributed by atoms with van der Waals surface area (Å²) in [6.07, 6.45) is 3.29. The summed E-state index contributed by atoms with van der Waals surface area (Å²) < 4.78 is 0. The van der Waals surface area contributed by atoms with E-state index in [4.69, 9.17) is 5.73 Å². The molecule has 2 N–H and O–H groups in total. The van der Waals surface area contributed by atoms with E-state index in [-0.39, 0.29) is 17.6 Å². The lowest BCUT2D eigenvalue weighted by Crippen LogP contribution is -2.41. The van der Waals surface area contributed by atoms with Crippen molar-refractivity contribution in [2.75, 3.05) is 18.0 Å². The minimum absolute atomic E-state index is 0.141. The number of ketones is 1. The molecule has 6 nitrogen and oxygen atoms in total. The van der Waals surface area contributed by atoms with Crippen LogP contribution in [0.2, 0.25) is 0 Å². The van der Waals surface area contributed by atoms with Crippen LogP contribution < -0.4 is 10.6 Å². The van der Waals surface area contributed by atoms with Gasteiger partial charge in [0.25, 0.3) is 0 Å². The Morgan fingerprint density at radius 1 is 1.23 bits per heavy atom. The second-order valence-electron chi connectivity index (χ2n) is 6.42. The maximum atomic E-state index is 12.7. The number of carbonyl (C=O) groups is 2. The quantitative estimate of drug-likeness (QED) is 0.836. The number of nitriles is 1. The van der Waals surface area contributed by atoms with Crippen molar-refractivity contribution in [3.05, 3.63) is 59.9 Å². The molecule has 26 heavy (non-hydrogen) atoms. The number of benzene rings is 1. The van der Waals surface area contributed by atoms with E-state index in [0.29, 0.717) is 17.8 Å². The molecule has 1 saturated heterocycles. The Morgan fingerprint density at radius 2 is 2.00 bits per heavy atom. The first kappa shape index (κ1) is 17.6. The molecule has 0 bridgehead atoms. The first-order chi connectivity index (χ1) is 12.6. The molecule has 0 saturated carbocycles. The second-order valence-corrected chi connectivity index (χ2v) is 6.42. The molecule has 3 rings (SSSR count). The number of nitrogens with zero attached hydrogens (tertiary/aromatic N) is 3. The van der Waals surface area contributed by atoms with Gasteiger partial charge < -0.3 is 10.6 Å². The monoisotopic (exact) mass is 348 g/mol. The molecule has 2 atom stereocenters. The molecule has 0 radical (unpaired) electrons. The Morgan fingerprint density at radius 3 is 2.62 bits per heavy atom. The van der Waals surface area contributed by atoms with Crippen molar-refractivity contribution in [3.63, 3.8) is 0 Å². The van der Waals surface area contributed by atoms with Gasteiger partial charge in [-0.2, -0.15) is 5.26 Å². The number of Topliss-reactive ketones (excluding diaryl/α,β-unsaturated/α-hetero) is 1. The van der Waals surface area contributed by atoms with Crippen LogP contribution in [0.4, 0.5) is 5.69 Å². The number of carbonyl (C=O) groups excluding carboxylic acids is 2. The third-order valence-electron chi connectivity index (χ3n) is 4.72. The molecule has 132 valence electrons. The molecule has 2 aromatic rings. The topological polar surface area (TPSA) is 100 Å². The lowest BCUT2D eigenvalue weighted by atomic mass is 9.94. The third-order valence-corrected chi connectivity index (χ3v) is 4.72. The molecule has 6 heteroatoms. The van der Waals surface area contributed by atoms with Crippen LogP contribution in [0.5, 0.6) is 0 Å². The number of amides is 1. The van der Waals surface area contributed by atoms with Crippen molar-refractivity contribution >= 4 is 17.4 Å². The average Bonchev–Trinajstić information content (AvgIpc) is 2.69. The van der Waals surface area contributed by atoms with Gasteiger partial charge in [-0.1, -0.05) is 6.07 Å². The standard InChI is InChI=1S/C20H20N4O2/c21-12-17(18-5-1-2-10-23-18)19(25)14-6-8-16(9-7-14)24-11-3-4-15(13-24)20(22)26/h1-2,5-10,15,17H,3-4,11,13H2,(H2,22,26)/t15-,17+/m0/s1. The van der Waals surface area contributed by atoms with Crippen molar-refractivity contribution in [1.29, 1.82) is 5.26 Å². The number of hydrogen-bond donors (Lipinski definition) is 1. The fraction of sp³-hybridized carbons (Fsp3) is 0.300. The van der Waals surface area contributed by atoms with Gasteiger partial charge in [-0.15, -0.1) is 0 Å². The largest absolute Gasteiger partial charge is 0.371 e. The predicted molar refractivity (Wildman–Crippen MR) is 97.5 cm³/mol. The van der Waals surface area contributed by atoms with E-state index < -0.39 is 5.92 Å². The molecule has 1 aliphatic rings. The highest BCUT2D eigenvalue weighted by atomic mass is 16.1. The number of nitrogens with two attached hydrogens (primary N) is 1. The molecular weight excluding hydrogens is 328 g/mol. The fourth-order valence-electron chi connectivity index (χ4n) is 3.25. The van der Waals surface area contributed by atoms with Crippen molar-refractivity contribution < 1.29 is 9.59 Å². The molecule has 0 aliphatic carbocycles. The summed E-state index contributed by atoms with van der Waals surface area (Å²) in [7, 11) is 0. The van der Waals surface area contributed by atoms with Crippen molar-refractivity contribution in [1.82, 2.24) is 4.98 Å². The number of anilines is 1. The molecule has 2 heterocycles. The SMILES string of the molecule is N#C[C@@H](C(=O)c1ccc(N2CCC[C@H](C(N)=O)C2)cc1)c1ccccn1. The summed E-state index contributed by atoms with van der Waals surface area (Å²) in [6, 6.07) is 14.4. The minimum atomic E-state index is -0.920. The predicted octanol–water partition coefficient (Wildman–Crippen LogP) is 2.27. The third kappa shape index (κ3) is 3.72. The maximum absolute atomic E-state index is 12.7. The van der Waals surface area contributed by atoms with E-state index >= 15 is 0 Å². The van der Waals surface area contributed by atoms with E-state index in [1.807, 2.05) is 18.2 Å². The zero-order valence-electron chi connectivity index (χ0n) is 14.3. The highest BCUT2D eigenvalue weighted by Gasteiger charge is 2.25. The van der Waals surface area contributed by atoms with E-state index in [1.165, 1.54) is 0 Å². The lowest BCUT2D eigenvalue weighted by molar-refractivity contribution is -0.122. The summed E-state index contributed by atoms with van der Waals surface area (Å²) in [5, 5.41) is 9.39. The summed E-state index contributed by atoms with van der Waals surface area (Å²) >= 11 is 0. The van der Waals surface area contributed by atoms with Crippen LogP contribution >= 0.6 is 0 Å². The van der Waals surface area contributed by atoms with Crippen LogP contribution in [-0.4, -0.2) is 29.8 Å². The molecule has 1 aromatic carbocycles. The summed E-state index contributed by atoms with van der Waals surface area (Å²) in [5.74, 6) is -1.60. The Labute approximate surface area is 152 Å². The maximum Gasteiger partial charge on any atom is 0.222 e. The Balaban J connectivity index is 1.76. The van der Waals surface area contributed by atoms with E-state index in [1.54, 1.807) is 36.5 Å². The Hall–Kier alpha value is -3.20. The first-order valence-electron chi connectivity index (χ1n) is 8.59. The van der Waals surface area contributed by atoms with Gasteiger partial charge in [0, 0.05) is 30.5 Å². The molecule has 0 spiro atoms. The van der Waals surface area contributed by atoms with Crippen molar-refractivity contribution in [2.24, 2.45) is 11.7 Å². The molecule has 1 aromatic heterocycles. The summed E-state index contributed by atoms with van der Waals surface area (Å²) in [6.45, 7) is 1.45. The van der Waals surface area contributed by atoms with Crippen LogP contribution in [-0.2, 0) is 4.79 Å². The highest BCUT2D eigenvalue weighted by Crippen LogP contribution is 2.25. The van der Waals surface area contributed by atoms with Gasteiger partial charge in [-0.25, -0.2) is 0 Å². The Bertz CT molecular complexity index is 827. The van der Waals surface area contributed by atoms with Crippen molar-refractivity contribution in [3.8, 4) is 6.07 Å². The van der Waals surface area contributed by atoms with Crippen LogP contribution in [0.25, 0.3) is 0 Å². The number of piperidine rings is 1. The van der Waals surface area contributed by atoms with Gasteiger partial charge in [0.05, 0.1) is 17.7 Å². The van der Waals surface area contributed by atoms with E-state index in [2.05, 4.69) is 9.88 Å². The van der Waals surface area contributed by atoms with Gasteiger partial charge in [-0.05, 0) is 49.2 Å². The van der Waals surface area contributed by atoms with Crippen molar-refractivity contribution in [2.45, 2.75) is 18.8 Å². The van der Waals surface area contributed by atoms with Gasteiger partial charge >= 0.3 is 0 Å². The zero-order valence-corrected chi connectivity index (χ0v) is 14.3. The normalized spacial score (nSPS) is 18.0. The van der Waals surface area contributed by atoms with Crippen LogP contribution in [0.1, 0.15) is 34.8 Å². The highest BCUT2D eigenvalue weighted by molar-refractivity contribution is 6.02. The first-order valence-corrected chi connectivity index (χ1v) is 8.59. The average molecular weight is 348 g/mol. The van der Waals surface area contributed by atoms with Gasteiger partial charge in [0.1, 0.15) is 0 Å². The van der Waals surface area contributed by atoms with Gasteiger partial charge in [-0.3, -0.25) is 14.6 Å². The van der Waals surface area contributed by atoms with Crippen LogP contribution in [0, 0.1) is 17.2 Å². The summed E-state index contributed by atoms with van der Waals surface area (Å²) in [4.78, 5) is 30.3. The summed E-state index contributed by atoms with van der Waals surface area (Å²) in [5.41, 5.74) is 7.29. The fourth-order valence-corrected chi connectivity index (χ4v) is 3.25. The van der Waals surface area contributed by atoms with Crippen LogP contribution in [0.3, 0.4) is 0 Å². The molecule has 1 aliphatic heterocycles. The van der Waals surface area contributed by atoms with E-state index in [0.717, 1.165) is 25.1 Å². The molecule has 0 unspecified atom stereocenters. The second kappa shape index (κ2) is 7.79. The van der Waals surface area contributed by atoms with Gasteiger partial charge in [0.15, 0.2) is 11.7 Å². The number of hydrogen-bond acceptors (Lipinski definition) is 5. The number of pyridine rings is 1. The number of rotatable bonds is 5.